The zero-order chi connectivity index (χ0) is 29.0. The number of hydrogen-bond acceptors (Lipinski definition) is 6. The molecule has 3 heterocycles. The number of aryl methyl sites for hydroxylation is 1. The van der Waals surface area contributed by atoms with Crippen molar-refractivity contribution in [3.05, 3.63) is 92.0 Å². The van der Waals surface area contributed by atoms with E-state index in [9.17, 15) is 14.4 Å². The number of rotatable bonds is 9. The number of aromatic nitrogens is 3. The van der Waals surface area contributed by atoms with E-state index in [0.29, 0.717) is 33.2 Å². The summed E-state index contributed by atoms with van der Waals surface area (Å²) in [5.74, 6) is -1.56. The number of carbonyl (C=O) groups is 3. The SMILES string of the molecule is Cc1nc2c(OCc3c(Cl)ccc(N(C)C(=O)CNC(=O)/C=C/c4ccc(C(=O)O)nc4)c3Cl)cccn2c1Br. The number of carbonyl (C=O) groups excluding carboxylic acids is 2. The molecule has 13 heteroatoms. The molecular weight excluding hydrogens is 625 g/mol. The lowest BCUT2D eigenvalue weighted by Crippen LogP contribution is -2.37. The number of ether oxygens (including phenoxy) is 1. The molecule has 206 valence electrons. The molecule has 10 nitrogen and oxygen atoms in total. The van der Waals surface area contributed by atoms with Crippen LogP contribution in [0.25, 0.3) is 11.7 Å². The highest BCUT2D eigenvalue weighted by atomic mass is 79.9. The molecule has 0 unspecified atom stereocenters. The predicted molar refractivity (Wildman–Crippen MR) is 155 cm³/mol. The number of fused-ring (bicyclic) bond motifs is 1. The zero-order valence-corrected chi connectivity index (χ0v) is 24.3. The largest absolute Gasteiger partial charge is 0.485 e. The number of halogens is 3. The second-order valence-electron chi connectivity index (χ2n) is 8.49. The number of nitrogens with one attached hydrogen (secondary N) is 1. The lowest BCUT2D eigenvalue weighted by Gasteiger charge is -2.21. The second kappa shape index (κ2) is 12.5. The Balaban J connectivity index is 1.40. The molecule has 0 aliphatic rings. The fourth-order valence-electron chi connectivity index (χ4n) is 3.64. The Morgan fingerprint density at radius 3 is 2.67 bits per heavy atom. The summed E-state index contributed by atoms with van der Waals surface area (Å²) in [6, 6.07) is 9.68. The number of carboxylic acid groups (broad SMARTS) is 1. The highest BCUT2D eigenvalue weighted by molar-refractivity contribution is 9.10. The number of carboxylic acids is 1. The van der Waals surface area contributed by atoms with E-state index in [0.717, 1.165) is 10.3 Å². The summed E-state index contributed by atoms with van der Waals surface area (Å²) in [4.78, 5) is 45.5. The van der Waals surface area contributed by atoms with E-state index in [1.54, 1.807) is 18.2 Å². The van der Waals surface area contributed by atoms with Gasteiger partial charge in [-0.15, -0.1) is 0 Å². The molecule has 0 aliphatic heterocycles. The van der Waals surface area contributed by atoms with Crippen LogP contribution in [0.1, 0.15) is 27.3 Å². The molecule has 0 aliphatic carbocycles. The van der Waals surface area contributed by atoms with Gasteiger partial charge >= 0.3 is 5.97 Å². The molecule has 0 bridgehead atoms. The molecule has 2 N–H and O–H groups in total. The molecule has 0 atom stereocenters. The Morgan fingerprint density at radius 1 is 1.20 bits per heavy atom. The second-order valence-corrected chi connectivity index (χ2v) is 10.0. The minimum absolute atomic E-state index is 0.0283. The lowest BCUT2D eigenvalue weighted by molar-refractivity contribution is -0.122. The van der Waals surface area contributed by atoms with Crippen LogP contribution >= 0.6 is 39.1 Å². The normalized spacial score (nSPS) is 11.1. The standard InChI is InChI=1S/C27H22BrCl2N5O5/c1-15-25(28)35-11-3-4-21(26(35)33-15)40-14-17-18(29)7-9-20(24(17)30)34(2)23(37)13-32-22(36)10-6-16-5-8-19(27(38)39)31-12-16/h3-12H,13-14H2,1-2H3,(H,32,36)(H,38,39)/b10-6+. The van der Waals surface area contributed by atoms with Crippen molar-refractivity contribution in [3.8, 4) is 5.75 Å². The van der Waals surface area contributed by atoms with Crippen LogP contribution in [-0.4, -0.2) is 50.9 Å². The van der Waals surface area contributed by atoms with Crippen molar-refractivity contribution in [2.24, 2.45) is 0 Å². The maximum absolute atomic E-state index is 12.8. The Labute approximate surface area is 247 Å². The predicted octanol–water partition coefficient (Wildman–Crippen LogP) is 5.18. The summed E-state index contributed by atoms with van der Waals surface area (Å²) in [6.45, 7) is 1.61. The van der Waals surface area contributed by atoms with Gasteiger partial charge in [-0.05, 0) is 64.8 Å². The fraction of sp³-hybridized carbons (Fsp3) is 0.148. The molecule has 0 saturated heterocycles. The first kappa shape index (κ1) is 29.1. The van der Waals surface area contributed by atoms with Crippen LogP contribution < -0.4 is 15.0 Å². The summed E-state index contributed by atoms with van der Waals surface area (Å²) >= 11 is 16.6. The number of hydrogen-bond donors (Lipinski definition) is 2. The lowest BCUT2D eigenvalue weighted by atomic mass is 10.2. The minimum Gasteiger partial charge on any atom is -0.485 e. The quantitative estimate of drug-likeness (QED) is 0.240. The topological polar surface area (TPSA) is 126 Å². The van der Waals surface area contributed by atoms with Crippen LogP contribution in [0.4, 0.5) is 5.69 Å². The highest BCUT2D eigenvalue weighted by Gasteiger charge is 2.20. The van der Waals surface area contributed by atoms with Crippen molar-refractivity contribution in [2.75, 3.05) is 18.5 Å². The number of aromatic carboxylic acids is 1. The Bertz CT molecular complexity index is 1640. The van der Waals surface area contributed by atoms with Crippen molar-refractivity contribution in [3.63, 3.8) is 0 Å². The van der Waals surface area contributed by atoms with Gasteiger partial charge in [0.25, 0.3) is 0 Å². The summed E-state index contributed by atoms with van der Waals surface area (Å²) in [5.41, 5.74) is 2.73. The van der Waals surface area contributed by atoms with E-state index in [1.165, 1.54) is 42.4 Å². The summed E-state index contributed by atoms with van der Waals surface area (Å²) in [7, 11) is 1.53. The van der Waals surface area contributed by atoms with Gasteiger partial charge in [0.2, 0.25) is 11.8 Å². The van der Waals surface area contributed by atoms with Crippen LogP contribution in [0.5, 0.6) is 5.75 Å². The van der Waals surface area contributed by atoms with Crippen LogP contribution in [0, 0.1) is 6.92 Å². The first-order valence-electron chi connectivity index (χ1n) is 11.7. The smallest absolute Gasteiger partial charge is 0.354 e. The van der Waals surface area contributed by atoms with Crippen molar-refractivity contribution >= 4 is 74.3 Å². The van der Waals surface area contributed by atoms with E-state index in [2.05, 4.69) is 31.2 Å². The summed E-state index contributed by atoms with van der Waals surface area (Å²) in [5, 5.41) is 12.0. The Hall–Kier alpha value is -3.93. The first-order chi connectivity index (χ1) is 19.1. The molecule has 0 spiro atoms. The van der Waals surface area contributed by atoms with Crippen LogP contribution in [-0.2, 0) is 16.2 Å². The van der Waals surface area contributed by atoms with Gasteiger partial charge in [0.15, 0.2) is 11.4 Å². The van der Waals surface area contributed by atoms with Crippen molar-refractivity contribution in [1.29, 1.82) is 0 Å². The van der Waals surface area contributed by atoms with Crippen LogP contribution in [0.3, 0.4) is 0 Å². The van der Waals surface area contributed by atoms with Gasteiger partial charge < -0.3 is 20.1 Å². The third-order valence-corrected chi connectivity index (χ3v) is 7.57. The molecule has 0 saturated carbocycles. The zero-order valence-electron chi connectivity index (χ0n) is 21.2. The van der Waals surface area contributed by atoms with Gasteiger partial charge in [0, 0.05) is 36.1 Å². The Morgan fingerprint density at radius 2 is 1.98 bits per heavy atom. The van der Waals surface area contributed by atoms with E-state index < -0.39 is 17.8 Å². The molecule has 40 heavy (non-hydrogen) atoms. The van der Waals surface area contributed by atoms with Gasteiger partial charge in [-0.25, -0.2) is 14.8 Å². The average Bonchev–Trinajstić information content (AvgIpc) is 3.24. The molecule has 3 aromatic heterocycles. The maximum Gasteiger partial charge on any atom is 0.354 e. The Kier molecular flexibility index (Phi) is 9.08. The fourth-order valence-corrected chi connectivity index (χ4v) is 4.62. The van der Waals surface area contributed by atoms with Gasteiger partial charge in [0.1, 0.15) is 16.9 Å². The molecule has 2 amide bonds. The van der Waals surface area contributed by atoms with Crippen molar-refractivity contribution in [1.82, 2.24) is 19.7 Å². The third-order valence-electron chi connectivity index (χ3n) is 5.83. The van der Waals surface area contributed by atoms with Crippen LogP contribution in [0.15, 0.2) is 59.5 Å². The van der Waals surface area contributed by atoms with E-state index >= 15 is 0 Å². The van der Waals surface area contributed by atoms with Gasteiger partial charge in [-0.3, -0.25) is 14.0 Å². The van der Waals surface area contributed by atoms with Crippen molar-refractivity contribution in [2.45, 2.75) is 13.5 Å². The number of imidazole rings is 1. The molecule has 0 radical (unpaired) electrons. The number of pyridine rings is 2. The van der Waals surface area contributed by atoms with Crippen molar-refractivity contribution < 1.29 is 24.2 Å². The number of likely N-dealkylation sites (N-methyl/N-ethyl adjacent to an activating group) is 1. The van der Waals surface area contributed by atoms with Crippen LogP contribution in [0.2, 0.25) is 10.0 Å². The number of nitrogens with zero attached hydrogens (tertiary/aromatic N) is 4. The molecule has 0 fully saturated rings. The van der Waals surface area contributed by atoms with Gasteiger partial charge in [-0.1, -0.05) is 29.3 Å². The van der Waals surface area contributed by atoms with E-state index in [1.807, 2.05) is 23.6 Å². The number of anilines is 1. The summed E-state index contributed by atoms with van der Waals surface area (Å²) < 4.78 is 8.69. The van der Waals surface area contributed by atoms with E-state index in [-0.39, 0.29) is 23.9 Å². The average molecular weight is 647 g/mol. The molecule has 4 rings (SSSR count). The monoisotopic (exact) mass is 645 g/mol. The van der Waals surface area contributed by atoms with E-state index in [4.69, 9.17) is 33.0 Å². The third kappa shape index (κ3) is 6.44. The van der Waals surface area contributed by atoms with Gasteiger partial charge in [0.05, 0.1) is 22.9 Å². The molecule has 4 aromatic rings. The highest BCUT2D eigenvalue weighted by Crippen LogP contribution is 2.35. The number of benzene rings is 1. The first-order valence-corrected chi connectivity index (χ1v) is 13.3. The number of amides is 2. The summed E-state index contributed by atoms with van der Waals surface area (Å²) in [6.07, 6.45) is 5.85. The minimum atomic E-state index is -1.15. The molecule has 1 aromatic carbocycles. The maximum atomic E-state index is 12.8. The molecular formula is C27H22BrCl2N5O5. The van der Waals surface area contributed by atoms with Gasteiger partial charge in [-0.2, -0.15) is 0 Å².